The number of hydrogen-bond acceptors (Lipinski definition) is 3. The van der Waals surface area contributed by atoms with Crippen molar-refractivity contribution in [1.29, 1.82) is 0 Å². The van der Waals surface area contributed by atoms with E-state index in [1.165, 1.54) is 6.07 Å². The molecule has 0 amide bonds. The van der Waals surface area contributed by atoms with E-state index >= 15 is 0 Å². The first-order valence-electron chi connectivity index (χ1n) is 5.02. The lowest BCUT2D eigenvalue weighted by atomic mass is 10.1. The predicted molar refractivity (Wildman–Crippen MR) is 62.2 cm³/mol. The molecular formula is C11H16FN3O. The van der Waals surface area contributed by atoms with Gasteiger partial charge in [-0.2, -0.15) is 0 Å². The zero-order chi connectivity index (χ0) is 12.1. The van der Waals surface area contributed by atoms with Crippen molar-refractivity contribution in [3.8, 4) is 0 Å². The Hall–Kier alpha value is -1.78. The van der Waals surface area contributed by atoms with Crippen molar-refractivity contribution >= 4 is 11.5 Å². The van der Waals surface area contributed by atoms with Crippen molar-refractivity contribution < 1.29 is 9.60 Å². The molecule has 4 N–H and O–H groups in total. The second-order valence-electron chi connectivity index (χ2n) is 3.75. The molecule has 88 valence electrons. The number of halogens is 1. The Balaban J connectivity index is 2.70. The van der Waals surface area contributed by atoms with Crippen LogP contribution in [0.2, 0.25) is 0 Å². The first-order valence-corrected chi connectivity index (χ1v) is 5.02. The zero-order valence-electron chi connectivity index (χ0n) is 9.37. The number of rotatable bonds is 4. The molecule has 1 aromatic rings. The van der Waals surface area contributed by atoms with Gasteiger partial charge in [0.05, 0.1) is 0 Å². The summed E-state index contributed by atoms with van der Waals surface area (Å²) in [5.41, 5.74) is 6.67. The second-order valence-corrected chi connectivity index (χ2v) is 3.75. The normalized spacial score (nSPS) is 13.6. The molecule has 5 heteroatoms. The largest absolute Gasteiger partial charge is 0.409 e. The lowest BCUT2D eigenvalue weighted by Crippen LogP contribution is -2.24. The fourth-order valence-corrected chi connectivity index (χ4v) is 1.43. The summed E-state index contributed by atoms with van der Waals surface area (Å²) in [6.07, 6.45) is 0.395. The fourth-order valence-electron chi connectivity index (χ4n) is 1.43. The highest BCUT2D eigenvalue weighted by molar-refractivity contribution is 5.80. The third kappa shape index (κ3) is 3.12. The van der Waals surface area contributed by atoms with Crippen molar-refractivity contribution in [2.45, 2.75) is 26.3 Å². The van der Waals surface area contributed by atoms with Crippen LogP contribution in [0.25, 0.3) is 0 Å². The summed E-state index contributed by atoms with van der Waals surface area (Å²) in [6, 6.07) is 4.81. The molecule has 0 saturated heterocycles. The molecule has 1 aromatic carbocycles. The van der Waals surface area contributed by atoms with E-state index in [-0.39, 0.29) is 17.7 Å². The summed E-state index contributed by atoms with van der Waals surface area (Å²) in [5, 5.41) is 14.4. The number of anilines is 1. The van der Waals surface area contributed by atoms with Gasteiger partial charge in [-0.05, 0) is 26.0 Å². The van der Waals surface area contributed by atoms with E-state index in [2.05, 4.69) is 10.5 Å². The third-order valence-electron chi connectivity index (χ3n) is 2.31. The molecule has 0 saturated carbocycles. The molecule has 0 heterocycles. The van der Waals surface area contributed by atoms with Crippen LogP contribution in [0.1, 0.15) is 18.9 Å². The molecule has 1 unspecified atom stereocenters. The Kier molecular flexibility index (Phi) is 4.10. The average Bonchev–Trinajstić information content (AvgIpc) is 2.24. The average molecular weight is 225 g/mol. The van der Waals surface area contributed by atoms with Crippen molar-refractivity contribution in [1.82, 2.24) is 0 Å². The first kappa shape index (κ1) is 12.3. The summed E-state index contributed by atoms with van der Waals surface area (Å²) in [6.45, 7) is 3.58. The lowest BCUT2D eigenvalue weighted by Gasteiger charge is -2.16. The number of oxime groups is 1. The molecule has 1 rings (SSSR count). The highest BCUT2D eigenvalue weighted by atomic mass is 19.1. The number of nitrogens with one attached hydrogen (secondary N) is 1. The number of hydrogen-bond donors (Lipinski definition) is 3. The van der Waals surface area contributed by atoms with Crippen LogP contribution in [0, 0.1) is 12.7 Å². The molecule has 1 atom stereocenters. The Morgan fingerprint density at radius 1 is 1.62 bits per heavy atom. The van der Waals surface area contributed by atoms with Gasteiger partial charge in [-0.3, -0.25) is 0 Å². The summed E-state index contributed by atoms with van der Waals surface area (Å²) in [7, 11) is 0. The van der Waals surface area contributed by atoms with E-state index in [1.54, 1.807) is 19.1 Å². The van der Waals surface area contributed by atoms with Gasteiger partial charge in [0.2, 0.25) is 0 Å². The highest BCUT2D eigenvalue weighted by Crippen LogP contribution is 2.18. The molecule has 0 aliphatic carbocycles. The van der Waals surface area contributed by atoms with Gasteiger partial charge >= 0.3 is 0 Å². The quantitative estimate of drug-likeness (QED) is 0.318. The lowest BCUT2D eigenvalue weighted by molar-refractivity contribution is 0.316. The summed E-state index contributed by atoms with van der Waals surface area (Å²) < 4.78 is 13.2. The van der Waals surface area contributed by atoms with Gasteiger partial charge in [-0.15, -0.1) is 0 Å². The van der Waals surface area contributed by atoms with E-state index in [0.29, 0.717) is 12.0 Å². The van der Waals surface area contributed by atoms with Crippen LogP contribution in [0.15, 0.2) is 23.4 Å². The van der Waals surface area contributed by atoms with Crippen LogP contribution in [-0.4, -0.2) is 17.1 Å². The van der Waals surface area contributed by atoms with Gasteiger partial charge in [0, 0.05) is 23.7 Å². The van der Waals surface area contributed by atoms with Crippen LogP contribution >= 0.6 is 0 Å². The summed E-state index contributed by atoms with van der Waals surface area (Å²) in [4.78, 5) is 0. The van der Waals surface area contributed by atoms with Gasteiger partial charge in [0.25, 0.3) is 0 Å². The van der Waals surface area contributed by atoms with E-state index < -0.39 is 0 Å². The van der Waals surface area contributed by atoms with Crippen molar-refractivity contribution in [2.24, 2.45) is 10.9 Å². The zero-order valence-corrected chi connectivity index (χ0v) is 9.37. The maximum absolute atomic E-state index is 13.2. The topological polar surface area (TPSA) is 70.6 Å². The third-order valence-corrected chi connectivity index (χ3v) is 2.31. The van der Waals surface area contributed by atoms with Crippen molar-refractivity contribution in [2.75, 3.05) is 5.32 Å². The molecule has 0 bridgehead atoms. The number of benzene rings is 1. The Bertz CT molecular complexity index is 393. The second kappa shape index (κ2) is 5.34. The molecule has 16 heavy (non-hydrogen) atoms. The van der Waals surface area contributed by atoms with Crippen LogP contribution in [0.4, 0.5) is 10.1 Å². The first-order chi connectivity index (χ1) is 7.54. The van der Waals surface area contributed by atoms with Crippen LogP contribution in [0.5, 0.6) is 0 Å². The van der Waals surface area contributed by atoms with Gasteiger partial charge in [0.15, 0.2) is 0 Å². The van der Waals surface area contributed by atoms with Gasteiger partial charge in [-0.25, -0.2) is 4.39 Å². The molecule has 0 radical (unpaired) electrons. The van der Waals surface area contributed by atoms with Crippen LogP contribution in [-0.2, 0) is 0 Å². The molecule has 0 aliphatic rings. The molecule has 0 fully saturated rings. The number of nitrogens with zero attached hydrogens (tertiary/aromatic N) is 1. The molecular weight excluding hydrogens is 209 g/mol. The number of nitrogens with two attached hydrogens (primary N) is 1. The standard InChI is InChI=1S/C11H16FN3O/c1-7(6-11(13)15-16)14-10-5-3-4-9(12)8(10)2/h3-5,7,14,16H,6H2,1-2H3,(H2,13,15). The predicted octanol–water partition coefficient (Wildman–Crippen LogP) is 2.07. The van der Waals surface area contributed by atoms with Gasteiger partial charge < -0.3 is 16.3 Å². The maximum Gasteiger partial charge on any atom is 0.141 e. The minimum atomic E-state index is -0.249. The van der Waals surface area contributed by atoms with E-state index in [0.717, 1.165) is 5.69 Å². The summed E-state index contributed by atoms with van der Waals surface area (Å²) in [5.74, 6) is -0.102. The van der Waals surface area contributed by atoms with E-state index in [9.17, 15) is 4.39 Å². The minimum Gasteiger partial charge on any atom is -0.409 e. The van der Waals surface area contributed by atoms with E-state index in [4.69, 9.17) is 10.9 Å². The minimum absolute atomic E-state index is 0.0311. The highest BCUT2D eigenvalue weighted by Gasteiger charge is 2.08. The number of amidine groups is 1. The van der Waals surface area contributed by atoms with Gasteiger partial charge in [-0.1, -0.05) is 11.2 Å². The maximum atomic E-state index is 13.2. The fraction of sp³-hybridized carbons (Fsp3) is 0.364. The Labute approximate surface area is 94.0 Å². The molecule has 0 aromatic heterocycles. The monoisotopic (exact) mass is 225 g/mol. The molecule has 0 aliphatic heterocycles. The van der Waals surface area contributed by atoms with Gasteiger partial charge in [0.1, 0.15) is 11.7 Å². The van der Waals surface area contributed by atoms with E-state index in [1.807, 2.05) is 6.92 Å². The molecule has 4 nitrogen and oxygen atoms in total. The smallest absolute Gasteiger partial charge is 0.141 e. The molecule has 0 spiro atoms. The summed E-state index contributed by atoms with van der Waals surface area (Å²) >= 11 is 0. The van der Waals surface area contributed by atoms with Crippen molar-refractivity contribution in [3.63, 3.8) is 0 Å². The Morgan fingerprint density at radius 2 is 2.31 bits per heavy atom. The Morgan fingerprint density at radius 3 is 2.94 bits per heavy atom. The SMILES string of the molecule is Cc1c(F)cccc1NC(C)CC(N)=NO. The van der Waals surface area contributed by atoms with Crippen LogP contribution in [0.3, 0.4) is 0 Å². The van der Waals surface area contributed by atoms with Crippen LogP contribution < -0.4 is 11.1 Å². The van der Waals surface area contributed by atoms with Crippen molar-refractivity contribution in [3.05, 3.63) is 29.6 Å².